The molecule has 5 nitrogen and oxygen atoms in total. The molecule has 2 unspecified atom stereocenters. The molecular weight excluding hydrogens is 268 g/mol. The van der Waals surface area contributed by atoms with Gasteiger partial charge < -0.3 is 15.7 Å². The van der Waals surface area contributed by atoms with Gasteiger partial charge >= 0.3 is 5.97 Å². The van der Waals surface area contributed by atoms with E-state index in [1.54, 1.807) is 0 Å². The maximum absolute atomic E-state index is 12.3. The Morgan fingerprint density at radius 2 is 1.90 bits per heavy atom. The summed E-state index contributed by atoms with van der Waals surface area (Å²) in [4.78, 5) is 24.0. The van der Waals surface area contributed by atoms with E-state index in [9.17, 15) is 14.7 Å². The molecule has 2 rings (SSSR count). The number of amides is 1. The first-order valence-electron chi connectivity index (χ1n) is 8.28. The van der Waals surface area contributed by atoms with Crippen molar-refractivity contribution in [1.82, 2.24) is 10.6 Å². The van der Waals surface area contributed by atoms with E-state index in [0.29, 0.717) is 25.4 Å². The molecule has 1 aliphatic heterocycles. The zero-order valence-electron chi connectivity index (χ0n) is 13.0. The first-order valence-corrected chi connectivity index (χ1v) is 8.28. The summed E-state index contributed by atoms with van der Waals surface area (Å²) < 4.78 is 0. The summed E-state index contributed by atoms with van der Waals surface area (Å²) in [5, 5.41) is 15.9. The second kappa shape index (κ2) is 7.25. The van der Waals surface area contributed by atoms with Crippen LogP contribution in [0.4, 0.5) is 0 Å². The first-order chi connectivity index (χ1) is 10.0. The van der Waals surface area contributed by atoms with Crippen LogP contribution in [0.5, 0.6) is 0 Å². The van der Waals surface area contributed by atoms with Crippen LogP contribution in [-0.4, -0.2) is 36.1 Å². The van der Waals surface area contributed by atoms with E-state index >= 15 is 0 Å². The van der Waals surface area contributed by atoms with Crippen LogP contribution in [-0.2, 0) is 9.59 Å². The van der Waals surface area contributed by atoms with Crippen molar-refractivity contribution in [2.24, 2.45) is 11.3 Å². The molecule has 0 aromatic heterocycles. The predicted molar refractivity (Wildman–Crippen MR) is 81.0 cm³/mol. The molecule has 1 amide bonds. The van der Waals surface area contributed by atoms with Crippen molar-refractivity contribution in [3.8, 4) is 0 Å². The lowest BCUT2D eigenvalue weighted by molar-refractivity contribution is -0.150. The first kappa shape index (κ1) is 16.3. The number of aliphatic carboxylic acids is 1. The molecule has 1 aliphatic carbocycles. The Kier molecular flexibility index (Phi) is 5.62. The van der Waals surface area contributed by atoms with Crippen LogP contribution >= 0.6 is 0 Å². The molecule has 0 spiro atoms. The summed E-state index contributed by atoms with van der Waals surface area (Å²) in [6, 6.07) is 0.362. The number of hydrogen-bond acceptors (Lipinski definition) is 3. The molecular formula is C16H28N2O3. The summed E-state index contributed by atoms with van der Waals surface area (Å²) in [7, 11) is 0. The third-order valence-electron chi connectivity index (χ3n) is 5.11. The number of carboxylic acid groups (broad SMARTS) is 1. The van der Waals surface area contributed by atoms with Crippen molar-refractivity contribution in [1.29, 1.82) is 0 Å². The number of carbonyl (C=O) groups excluding carboxylic acids is 1. The van der Waals surface area contributed by atoms with Gasteiger partial charge in [0.1, 0.15) is 0 Å². The zero-order chi connectivity index (χ0) is 15.3. The minimum Gasteiger partial charge on any atom is -0.481 e. The molecule has 2 atom stereocenters. The lowest BCUT2D eigenvalue weighted by Gasteiger charge is -2.31. The van der Waals surface area contributed by atoms with Gasteiger partial charge in [-0.3, -0.25) is 9.59 Å². The maximum atomic E-state index is 12.3. The molecule has 1 heterocycles. The fraction of sp³-hybridized carbons (Fsp3) is 0.875. The minimum atomic E-state index is -0.747. The molecule has 0 radical (unpaired) electrons. The van der Waals surface area contributed by atoms with Gasteiger partial charge in [-0.1, -0.05) is 25.7 Å². The second-order valence-corrected chi connectivity index (χ2v) is 6.79. The summed E-state index contributed by atoms with van der Waals surface area (Å²) in [6.45, 7) is 3.24. The van der Waals surface area contributed by atoms with Crippen molar-refractivity contribution >= 4 is 11.9 Å². The molecule has 2 fully saturated rings. The maximum Gasteiger partial charge on any atom is 0.311 e. The van der Waals surface area contributed by atoms with E-state index in [0.717, 1.165) is 45.1 Å². The van der Waals surface area contributed by atoms with Gasteiger partial charge in [0, 0.05) is 18.5 Å². The van der Waals surface area contributed by atoms with E-state index in [1.807, 2.05) is 0 Å². The number of carbonyl (C=O) groups is 2. The fourth-order valence-corrected chi connectivity index (χ4v) is 3.64. The van der Waals surface area contributed by atoms with E-state index in [2.05, 4.69) is 17.6 Å². The van der Waals surface area contributed by atoms with Gasteiger partial charge in [0.25, 0.3) is 0 Å². The van der Waals surface area contributed by atoms with Gasteiger partial charge in [0.05, 0.1) is 5.41 Å². The highest BCUT2D eigenvalue weighted by Crippen LogP contribution is 2.35. The van der Waals surface area contributed by atoms with Crippen LogP contribution in [0, 0.1) is 11.3 Å². The molecule has 1 saturated carbocycles. The molecule has 5 heteroatoms. The van der Waals surface area contributed by atoms with E-state index in [-0.39, 0.29) is 11.8 Å². The van der Waals surface area contributed by atoms with E-state index < -0.39 is 11.4 Å². The Balaban J connectivity index is 1.91. The van der Waals surface area contributed by atoms with Gasteiger partial charge in [0.2, 0.25) is 5.91 Å². The van der Waals surface area contributed by atoms with Crippen molar-refractivity contribution in [3.63, 3.8) is 0 Å². The Bertz CT molecular complexity index is 376. The van der Waals surface area contributed by atoms with Crippen molar-refractivity contribution in [2.45, 2.75) is 64.3 Å². The zero-order valence-corrected chi connectivity index (χ0v) is 13.0. The largest absolute Gasteiger partial charge is 0.481 e. The van der Waals surface area contributed by atoms with Gasteiger partial charge in [-0.25, -0.2) is 0 Å². The van der Waals surface area contributed by atoms with Crippen molar-refractivity contribution in [3.05, 3.63) is 0 Å². The molecule has 1 saturated heterocycles. The van der Waals surface area contributed by atoms with Crippen molar-refractivity contribution in [2.75, 3.05) is 13.1 Å². The molecule has 0 aromatic rings. The highest BCUT2D eigenvalue weighted by Gasteiger charge is 2.39. The normalized spacial score (nSPS) is 29.4. The van der Waals surface area contributed by atoms with Crippen LogP contribution in [0.15, 0.2) is 0 Å². The van der Waals surface area contributed by atoms with Gasteiger partial charge in [-0.15, -0.1) is 0 Å². The Morgan fingerprint density at radius 1 is 1.24 bits per heavy atom. The highest BCUT2D eigenvalue weighted by molar-refractivity contribution is 5.80. The summed E-state index contributed by atoms with van der Waals surface area (Å²) in [5.74, 6) is -0.686. The quantitative estimate of drug-likeness (QED) is 0.693. The van der Waals surface area contributed by atoms with Gasteiger partial charge in [-0.05, 0) is 39.2 Å². The van der Waals surface area contributed by atoms with Crippen LogP contribution in [0.1, 0.15) is 58.3 Å². The Labute approximate surface area is 126 Å². The molecule has 0 bridgehead atoms. The molecule has 120 valence electrons. The number of piperidine rings is 1. The third kappa shape index (κ3) is 4.19. The standard InChI is InChI=1S/C16H28N2O3/c1-12-10-13(6-9-17-12)14(19)18-11-16(15(20)21)7-4-2-3-5-8-16/h12-13,17H,2-11H2,1H3,(H,18,19)(H,20,21). The number of carboxylic acids is 1. The summed E-state index contributed by atoms with van der Waals surface area (Å²) >= 11 is 0. The van der Waals surface area contributed by atoms with Crippen LogP contribution < -0.4 is 10.6 Å². The molecule has 3 N–H and O–H groups in total. The van der Waals surface area contributed by atoms with Gasteiger partial charge in [0.15, 0.2) is 0 Å². The molecule has 21 heavy (non-hydrogen) atoms. The second-order valence-electron chi connectivity index (χ2n) is 6.79. The van der Waals surface area contributed by atoms with Crippen molar-refractivity contribution < 1.29 is 14.7 Å². The number of rotatable bonds is 4. The Hall–Kier alpha value is -1.10. The topological polar surface area (TPSA) is 78.4 Å². The number of nitrogens with one attached hydrogen (secondary N) is 2. The average Bonchev–Trinajstić information content (AvgIpc) is 2.71. The highest BCUT2D eigenvalue weighted by atomic mass is 16.4. The van der Waals surface area contributed by atoms with Gasteiger partial charge in [-0.2, -0.15) is 0 Å². The van der Waals surface area contributed by atoms with Crippen LogP contribution in [0.3, 0.4) is 0 Å². The summed E-state index contributed by atoms with van der Waals surface area (Å²) in [6.07, 6.45) is 7.17. The SMILES string of the molecule is CC1CC(C(=O)NCC2(C(=O)O)CCCCCC2)CCN1. The number of hydrogen-bond donors (Lipinski definition) is 3. The van der Waals surface area contributed by atoms with Crippen LogP contribution in [0.25, 0.3) is 0 Å². The minimum absolute atomic E-state index is 0.0258. The monoisotopic (exact) mass is 296 g/mol. The van der Waals surface area contributed by atoms with E-state index in [1.165, 1.54) is 0 Å². The third-order valence-corrected chi connectivity index (χ3v) is 5.11. The molecule has 0 aromatic carbocycles. The lowest BCUT2D eigenvalue weighted by Crippen LogP contribution is -2.47. The Morgan fingerprint density at radius 3 is 2.48 bits per heavy atom. The predicted octanol–water partition coefficient (Wildman–Crippen LogP) is 1.92. The lowest BCUT2D eigenvalue weighted by atomic mass is 9.80. The fourth-order valence-electron chi connectivity index (χ4n) is 3.64. The smallest absolute Gasteiger partial charge is 0.311 e. The average molecular weight is 296 g/mol. The summed E-state index contributed by atoms with van der Waals surface area (Å²) in [5.41, 5.74) is -0.745. The van der Waals surface area contributed by atoms with E-state index in [4.69, 9.17) is 0 Å². The van der Waals surface area contributed by atoms with Crippen LogP contribution in [0.2, 0.25) is 0 Å². The molecule has 2 aliphatic rings.